The lowest BCUT2D eigenvalue weighted by molar-refractivity contribution is 0.411. The number of aromatic nitrogens is 1. The van der Waals surface area contributed by atoms with Gasteiger partial charge in [0.2, 0.25) is 0 Å². The quantitative estimate of drug-likeness (QED) is 0.924. The summed E-state index contributed by atoms with van der Waals surface area (Å²) in [5.41, 5.74) is 9.50. The van der Waals surface area contributed by atoms with E-state index in [1.54, 1.807) is 18.4 Å². The summed E-state index contributed by atoms with van der Waals surface area (Å²) in [7, 11) is 1.68. The minimum absolute atomic E-state index is 0.160. The predicted octanol–water partition coefficient (Wildman–Crippen LogP) is 3.13. The third-order valence-corrected chi connectivity index (χ3v) is 4.25. The fraction of sp³-hybridized carbons (Fsp3) is 0.357. The highest BCUT2D eigenvalue weighted by Gasteiger charge is 2.15. The first-order valence-corrected chi connectivity index (χ1v) is 6.68. The Kier molecular flexibility index (Phi) is 3.68. The second kappa shape index (κ2) is 5.08. The molecule has 1 heterocycles. The number of nitrogens with two attached hydrogens (primary N) is 1. The van der Waals surface area contributed by atoms with E-state index in [-0.39, 0.29) is 6.04 Å². The molecule has 1 unspecified atom stereocenters. The Bertz CT molecular complexity index is 543. The van der Waals surface area contributed by atoms with Gasteiger partial charge >= 0.3 is 0 Å². The van der Waals surface area contributed by atoms with E-state index in [0.717, 1.165) is 27.6 Å². The first-order chi connectivity index (χ1) is 8.52. The van der Waals surface area contributed by atoms with E-state index >= 15 is 0 Å². The van der Waals surface area contributed by atoms with Crippen LogP contribution in [0.4, 0.5) is 0 Å². The molecular formula is C14H18N2OS. The summed E-state index contributed by atoms with van der Waals surface area (Å²) >= 11 is 1.67. The molecule has 0 radical (unpaired) electrons. The number of benzene rings is 1. The SMILES string of the molecule is COc1ccc(C(N)c2nc(C)c(C)s2)cc1C. The molecule has 0 aliphatic carbocycles. The van der Waals surface area contributed by atoms with E-state index in [0.29, 0.717) is 0 Å². The molecule has 2 N–H and O–H groups in total. The molecule has 1 atom stereocenters. The molecule has 0 saturated carbocycles. The Labute approximate surface area is 112 Å². The van der Waals surface area contributed by atoms with Crippen molar-refractivity contribution in [1.29, 1.82) is 0 Å². The van der Waals surface area contributed by atoms with Crippen LogP contribution in [-0.2, 0) is 0 Å². The van der Waals surface area contributed by atoms with Crippen molar-refractivity contribution < 1.29 is 4.74 Å². The average molecular weight is 262 g/mol. The first kappa shape index (κ1) is 13.1. The molecule has 2 rings (SSSR count). The number of hydrogen-bond donors (Lipinski definition) is 1. The lowest BCUT2D eigenvalue weighted by Gasteiger charge is -2.12. The molecule has 96 valence electrons. The minimum Gasteiger partial charge on any atom is -0.496 e. The molecule has 0 aliphatic rings. The van der Waals surface area contributed by atoms with Gasteiger partial charge in [0.15, 0.2) is 0 Å². The van der Waals surface area contributed by atoms with Gasteiger partial charge in [-0.1, -0.05) is 12.1 Å². The molecular weight excluding hydrogens is 244 g/mol. The van der Waals surface area contributed by atoms with E-state index in [1.165, 1.54) is 4.88 Å². The van der Waals surface area contributed by atoms with Crippen LogP contribution in [0.25, 0.3) is 0 Å². The summed E-state index contributed by atoms with van der Waals surface area (Å²) in [6, 6.07) is 5.86. The summed E-state index contributed by atoms with van der Waals surface area (Å²) in [6.07, 6.45) is 0. The predicted molar refractivity (Wildman–Crippen MR) is 75.3 cm³/mol. The van der Waals surface area contributed by atoms with Gasteiger partial charge in [0.1, 0.15) is 10.8 Å². The Hall–Kier alpha value is -1.39. The summed E-state index contributed by atoms with van der Waals surface area (Å²) in [4.78, 5) is 5.75. The van der Waals surface area contributed by atoms with Crippen LogP contribution in [0, 0.1) is 20.8 Å². The van der Waals surface area contributed by atoms with Crippen LogP contribution in [0.15, 0.2) is 18.2 Å². The summed E-state index contributed by atoms with van der Waals surface area (Å²) in [6.45, 7) is 6.11. The smallest absolute Gasteiger partial charge is 0.121 e. The van der Waals surface area contributed by atoms with Crippen molar-refractivity contribution in [3.63, 3.8) is 0 Å². The molecule has 0 amide bonds. The third kappa shape index (κ3) is 2.40. The molecule has 0 fully saturated rings. The van der Waals surface area contributed by atoms with Crippen LogP contribution in [0.1, 0.15) is 32.7 Å². The minimum atomic E-state index is -0.160. The highest BCUT2D eigenvalue weighted by atomic mass is 32.1. The number of rotatable bonds is 3. The van der Waals surface area contributed by atoms with Crippen LogP contribution in [0.2, 0.25) is 0 Å². The van der Waals surface area contributed by atoms with Crippen LogP contribution in [-0.4, -0.2) is 12.1 Å². The van der Waals surface area contributed by atoms with E-state index in [2.05, 4.69) is 18.0 Å². The lowest BCUT2D eigenvalue weighted by Crippen LogP contribution is -2.11. The summed E-state index contributed by atoms with van der Waals surface area (Å²) < 4.78 is 5.25. The van der Waals surface area contributed by atoms with Crippen molar-refractivity contribution in [2.45, 2.75) is 26.8 Å². The van der Waals surface area contributed by atoms with Gasteiger partial charge in [-0.2, -0.15) is 0 Å². The van der Waals surface area contributed by atoms with E-state index in [4.69, 9.17) is 10.5 Å². The molecule has 4 heteroatoms. The zero-order chi connectivity index (χ0) is 13.3. The van der Waals surface area contributed by atoms with Gasteiger partial charge in [0, 0.05) is 4.88 Å². The van der Waals surface area contributed by atoms with Crippen molar-refractivity contribution in [2.75, 3.05) is 7.11 Å². The van der Waals surface area contributed by atoms with Gasteiger partial charge in [0.25, 0.3) is 0 Å². The number of hydrogen-bond acceptors (Lipinski definition) is 4. The van der Waals surface area contributed by atoms with Gasteiger partial charge in [0.05, 0.1) is 18.8 Å². The number of nitrogens with zero attached hydrogens (tertiary/aromatic N) is 1. The van der Waals surface area contributed by atoms with E-state index < -0.39 is 0 Å². The molecule has 0 bridgehead atoms. The molecule has 1 aromatic heterocycles. The maximum Gasteiger partial charge on any atom is 0.121 e. The van der Waals surface area contributed by atoms with Crippen LogP contribution in [0.3, 0.4) is 0 Å². The number of ether oxygens (including phenoxy) is 1. The van der Waals surface area contributed by atoms with Crippen molar-refractivity contribution >= 4 is 11.3 Å². The second-order valence-corrected chi connectivity index (χ2v) is 5.64. The van der Waals surface area contributed by atoms with Crippen molar-refractivity contribution in [1.82, 2.24) is 4.98 Å². The summed E-state index contributed by atoms with van der Waals surface area (Å²) in [5, 5.41) is 0.967. The van der Waals surface area contributed by atoms with Crippen LogP contribution >= 0.6 is 11.3 Å². The fourth-order valence-corrected chi connectivity index (χ4v) is 2.82. The monoisotopic (exact) mass is 262 g/mol. The fourth-order valence-electron chi connectivity index (χ4n) is 1.87. The van der Waals surface area contributed by atoms with Gasteiger partial charge in [-0.3, -0.25) is 0 Å². The van der Waals surface area contributed by atoms with Gasteiger partial charge < -0.3 is 10.5 Å². The topological polar surface area (TPSA) is 48.1 Å². The lowest BCUT2D eigenvalue weighted by atomic mass is 10.0. The van der Waals surface area contributed by atoms with Crippen LogP contribution in [0.5, 0.6) is 5.75 Å². The maximum absolute atomic E-state index is 6.27. The largest absolute Gasteiger partial charge is 0.496 e. The molecule has 18 heavy (non-hydrogen) atoms. The molecule has 0 spiro atoms. The van der Waals surface area contributed by atoms with E-state index in [1.807, 2.05) is 26.0 Å². The Morgan fingerprint density at radius 2 is 2.00 bits per heavy atom. The zero-order valence-electron chi connectivity index (χ0n) is 11.2. The van der Waals surface area contributed by atoms with Crippen LogP contribution < -0.4 is 10.5 Å². The summed E-state index contributed by atoms with van der Waals surface area (Å²) in [5.74, 6) is 0.887. The first-order valence-electron chi connectivity index (χ1n) is 5.87. The Morgan fingerprint density at radius 1 is 1.28 bits per heavy atom. The van der Waals surface area contributed by atoms with Gasteiger partial charge in [-0.25, -0.2) is 4.98 Å². The molecule has 3 nitrogen and oxygen atoms in total. The zero-order valence-corrected chi connectivity index (χ0v) is 12.0. The normalized spacial score (nSPS) is 12.5. The number of methoxy groups -OCH3 is 1. The average Bonchev–Trinajstić information content (AvgIpc) is 2.68. The Balaban J connectivity index is 2.33. The highest BCUT2D eigenvalue weighted by Crippen LogP contribution is 2.28. The second-order valence-electron chi connectivity index (χ2n) is 4.40. The van der Waals surface area contributed by atoms with Crippen molar-refractivity contribution in [2.24, 2.45) is 5.73 Å². The number of thiazole rings is 1. The molecule has 2 aromatic rings. The Morgan fingerprint density at radius 3 is 2.50 bits per heavy atom. The molecule has 0 saturated heterocycles. The van der Waals surface area contributed by atoms with Crippen molar-refractivity contribution in [3.8, 4) is 5.75 Å². The van der Waals surface area contributed by atoms with Gasteiger partial charge in [-0.15, -0.1) is 11.3 Å². The number of aryl methyl sites for hydroxylation is 3. The van der Waals surface area contributed by atoms with E-state index in [9.17, 15) is 0 Å². The standard InChI is InChI=1S/C14H18N2OS/c1-8-7-11(5-6-12(8)17-4)13(15)14-16-9(2)10(3)18-14/h5-7,13H,15H2,1-4H3. The molecule has 0 aliphatic heterocycles. The highest BCUT2D eigenvalue weighted by molar-refractivity contribution is 7.11. The molecule has 1 aromatic carbocycles. The third-order valence-electron chi connectivity index (χ3n) is 3.09. The van der Waals surface area contributed by atoms with Gasteiger partial charge in [-0.05, 0) is 38.0 Å². The maximum atomic E-state index is 6.27. The van der Waals surface area contributed by atoms with Crippen molar-refractivity contribution in [3.05, 3.63) is 44.9 Å².